The maximum Gasteiger partial charge on any atom is 0.407 e. The standard InChI is InChI=1S/C28H34N2O5/c1-28(2,3)25(26(32)33)30-24(31)14-17-12-18(13-17)15-29-27(34)35-16-23-21-10-6-4-8-19(21)20-9-5-7-11-22(20)23/h4-11,17-18,23,25H,12-16H2,1-3H3,(H,29,34)(H,30,31)(H,32,33). The average molecular weight is 479 g/mol. The molecule has 2 aromatic carbocycles. The fourth-order valence-electron chi connectivity index (χ4n) is 5.21. The van der Waals surface area contributed by atoms with E-state index in [4.69, 9.17) is 4.74 Å². The number of carboxylic acid groups (broad SMARTS) is 1. The molecule has 0 radical (unpaired) electrons. The number of carbonyl (C=O) groups is 3. The molecule has 1 atom stereocenters. The molecule has 2 aliphatic rings. The monoisotopic (exact) mass is 478 g/mol. The first-order valence-electron chi connectivity index (χ1n) is 12.2. The smallest absolute Gasteiger partial charge is 0.407 e. The number of hydrogen-bond donors (Lipinski definition) is 3. The summed E-state index contributed by atoms with van der Waals surface area (Å²) in [6, 6.07) is 15.5. The molecule has 35 heavy (non-hydrogen) atoms. The molecular weight excluding hydrogens is 444 g/mol. The van der Waals surface area contributed by atoms with Crippen LogP contribution in [-0.2, 0) is 14.3 Å². The van der Waals surface area contributed by atoms with Crippen LogP contribution in [0.2, 0.25) is 0 Å². The van der Waals surface area contributed by atoms with E-state index in [9.17, 15) is 19.5 Å². The first-order valence-corrected chi connectivity index (χ1v) is 12.2. The fraction of sp³-hybridized carbons (Fsp3) is 0.464. The van der Waals surface area contributed by atoms with Gasteiger partial charge in [0.1, 0.15) is 12.6 Å². The number of alkyl carbamates (subject to hydrolysis) is 1. The van der Waals surface area contributed by atoms with Gasteiger partial charge in [0.05, 0.1) is 0 Å². The number of ether oxygens (including phenoxy) is 1. The van der Waals surface area contributed by atoms with Crippen molar-refractivity contribution in [3.63, 3.8) is 0 Å². The number of fused-ring (bicyclic) bond motifs is 3. The summed E-state index contributed by atoms with van der Waals surface area (Å²) in [6.07, 6.45) is 1.53. The molecule has 2 aliphatic carbocycles. The number of carbonyl (C=O) groups excluding carboxylic acids is 2. The van der Waals surface area contributed by atoms with Gasteiger partial charge in [-0.1, -0.05) is 69.3 Å². The molecule has 2 aromatic rings. The molecule has 1 unspecified atom stereocenters. The quantitative estimate of drug-likeness (QED) is 0.516. The number of carboxylic acids is 1. The third kappa shape index (κ3) is 5.66. The van der Waals surface area contributed by atoms with E-state index in [1.165, 1.54) is 22.3 Å². The lowest BCUT2D eigenvalue weighted by atomic mass is 9.73. The predicted octanol–water partition coefficient (Wildman–Crippen LogP) is 4.56. The molecule has 0 heterocycles. The number of nitrogens with one attached hydrogen (secondary N) is 2. The van der Waals surface area contributed by atoms with Crippen LogP contribution < -0.4 is 10.6 Å². The highest BCUT2D eigenvalue weighted by Gasteiger charge is 2.35. The Morgan fingerprint density at radius 2 is 1.54 bits per heavy atom. The zero-order valence-corrected chi connectivity index (χ0v) is 20.5. The van der Waals surface area contributed by atoms with E-state index >= 15 is 0 Å². The van der Waals surface area contributed by atoms with Crippen LogP contribution in [0.25, 0.3) is 11.1 Å². The second-order valence-corrected chi connectivity index (χ2v) is 10.8. The van der Waals surface area contributed by atoms with Crippen molar-refractivity contribution in [1.82, 2.24) is 10.6 Å². The highest BCUT2D eigenvalue weighted by atomic mass is 16.5. The zero-order valence-electron chi connectivity index (χ0n) is 20.5. The van der Waals surface area contributed by atoms with Crippen molar-refractivity contribution in [2.45, 2.75) is 52.0 Å². The topological polar surface area (TPSA) is 105 Å². The average Bonchev–Trinajstić information content (AvgIpc) is 3.10. The van der Waals surface area contributed by atoms with Crippen molar-refractivity contribution < 1.29 is 24.2 Å². The first-order chi connectivity index (χ1) is 16.6. The Hall–Kier alpha value is -3.35. The second kappa shape index (κ2) is 10.1. The molecule has 0 spiro atoms. The third-order valence-corrected chi connectivity index (χ3v) is 7.10. The maximum atomic E-state index is 12.4. The molecule has 0 bridgehead atoms. The molecule has 1 saturated carbocycles. The summed E-state index contributed by atoms with van der Waals surface area (Å²) in [7, 11) is 0. The largest absolute Gasteiger partial charge is 0.480 e. The Morgan fingerprint density at radius 3 is 2.09 bits per heavy atom. The van der Waals surface area contributed by atoms with E-state index < -0.39 is 23.5 Å². The molecule has 186 valence electrons. The summed E-state index contributed by atoms with van der Waals surface area (Å²) in [5.74, 6) is -0.725. The van der Waals surface area contributed by atoms with Crippen LogP contribution in [0.3, 0.4) is 0 Å². The molecule has 4 rings (SSSR count). The van der Waals surface area contributed by atoms with Gasteiger partial charge >= 0.3 is 12.1 Å². The van der Waals surface area contributed by atoms with Crippen LogP contribution >= 0.6 is 0 Å². The lowest BCUT2D eigenvalue weighted by Gasteiger charge is -2.35. The van der Waals surface area contributed by atoms with E-state index in [0.717, 1.165) is 12.8 Å². The summed E-state index contributed by atoms with van der Waals surface area (Å²) in [6.45, 7) is 6.17. The van der Waals surface area contributed by atoms with Crippen molar-refractivity contribution in [3.8, 4) is 11.1 Å². The van der Waals surface area contributed by atoms with E-state index in [-0.39, 0.29) is 24.3 Å². The van der Waals surface area contributed by atoms with Crippen molar-refractivity contribution in [3.05, 3.63) is 59.7 Å². The lowest BCUT2D eigenvalue weighted by Crippen LogP contribution is -2.50. The van der Waals surface area contributed by atoms with Gasteiger partial charge in [0, 0.05) is 18.9 Å². The summed E-state index contributed by atoms with van der Waals surface area (Å²) in [5.41, 5.74) is 4.19. The van der Waals surface area contributed by atoms with Crippen LogP contribution in [0.1, 0.15) is 57.1 Å². The summed E-state index contributed by atoms with van der Waals surface area (Å²) in [4.78, 5) is 36.1. The summed E-state index contributed by atoms with van der Waals surface area (Å²) in [5, 5.41) is 14.9. The molecule has 7 heteroatoms. The van der Waals surface area contributed by atoms with Gasteiger partial charge in [-0.2, -0.15) is 0 Å². The Labute approximate surface area is 206 Å². The Morgan fingerprint density at radius 1 is 0.971 bits per heavy atom. The van der Waals surface area contributed by atoms with Crippen molar-refractivity contribution in [2.24, 2.45) is 17.3 Å². The maximum absolute atomic E-state index is 12.4. The minimum Gasteiger partial charge on any atom is -0.480 e. The van der Waals surface area contributed by atoms with Crippen LogP contribution in [0.4, 0.5) is 4.79 Å². The van der Waals surface area contributed by atoms with Crippen LogP contribution in [-0.4, -0.2) is 42.3 Å². The van der Waals surface area contributed by atoms with E-state index in [2.05, 4.69) is 34.9 Å². The minimum atomic E-state index is -1.02. The van der Waals surface area contributed by atoms with Gasteiger partial charge < -0.3 is 20.5 Å². The normalized spacial score (nSPS) is 19.6. The number of amides is 2. The Bertz CT molecular complexity index is 1060. The van der Waals surface area contributed by atoms with Crippen molar-refractivity contribution >= 4 is 18.0 Å². The second-order valence-electron chi connectivity index (χ2n) is 10.8. The molecule has 2 amide bonds. The summed E-state index contributed by atoms with van der Waals surface area (Å²) >= 11 is 0. The summed E-state index contributed by atoms with van der Waals surface area (Å²) < 4.78 is 5.58. The lowest BCUT2D eigenvalue weighted by molar-refractivity contribution is -0.145. The highest BCUT2D eigenvalue weighted by Crippen LogP contribution is 2.44. The fourth-order valence-corrected chi connectivity index (χ4v) is 5.21. The van der Waals surface area contributed by atoms with Crippen LogP contribution in [0, 0.1) is 17.3 Å². The predicted molar refractivity (Wildman–Crippen MR) is 133 cm³/mol. The molecule has 1 fully saturated rings. The molecule has 3 N–H and O–H groups in total. The Kier molecular flexibility index (Phi) is 7.15. The SMILES string of the molecule is CC(C)(C)C(NC(=O)CC1CC(CNC(=O)OCC2c3ccccc3-c3ccccc32)C1)C(=O)O. The number of aliphatic carboxylic acids is 1. The third-order valence-electron chi connectivity index (χ3n) is 7.10. The highest BCUT2D eigenvalue weighted by molar-refractivity contribution is 5.84. The first kappa shape index (κ1) is 24.8. The van der Waals surface area contributed by atoms with Gasteiger partial charge in [0.25, 0.3) is 0 Å². The Balaban J connectivity index is 1.18. The van der Waals surface area contributed by atoms with Crippen molar-refractivity contribution in [2.75, 3.05) is 13.2 Å². The van der Waals surface area contributed by atoms with Crippen LogP contribution in [0.15, 0.2) is 48.5 Å². The van der Waals surface area contributed by atoms with E-state index in [1.54, 1.807) is 20.8 Å². The van der Waals surface area contributed by atoms with E-state index in [0.29, 0.717) is 18.9 Å². The number of rotatable bonds is 8. The molecule has 7 nitrogen and oxygen atoms in total. The van der Waals surface area contributed by atoms with Gasteiger partial charge in [-0.05, 0) is 52.3 Å². The zero-order chi connectivity index (χ0) is 25.2. The van der Waals surface area contributed by atoms with Gasteiger partial charge in [-0.25, -0.2) is 9.59 Å². The van der Waals surface area contributed by atoms with Gasteiger partial charge in [0.2, 0.25) is 5.91 Å². The number of hydrogen-bond acceptors (Lipinski definition) is 4. The van der Waals surface area contributed by atoms with Gasteiger partial charge in [-0.15, -0.1) is 0 Å². The number of benzene rings is 2. The molecular formula is C28H34N2O5. The van der Waals surface area contributed by atoms with E-state index in [1.807, 2.05) is 24.3 Å². The molecule has 0 saturated heterocycles. The van der Waals surface area contributed by atoms with Crippen molar-refractivity contribution in [1.29, 1.82) is 0 Å². The molecule has 0 aromatic heterocycles. The van der Waals surface area contributed by atoms with Gasteiger partial charge in [0.15, 0.2) is 0 Å². The molecule has 0 aliphatic heterocycles. The minimum absolute atomic E-state index is 0.0301. The van der Waals surface area contributed by atoms with Gasteiger partial charge in [-0.3, -0.25) is 4.79 Å². The van der Waals surface area contributed by atoms with Crippen LogP contribution in [0.5, 0.6) is 0 Å².